The Balaban J connectivity index is 1.73. The highest BCUT2D eigenvalue weighted by atomic mass is 19.1. The second-order valence-corrected chi connectivity index (χ2v) is 9.62. The number of aromatic nitrogens is 3. The Morgan fingerprint density at radius 1 is 1.00 bits per heavy atom. The minimum absolute atomic E-state index is 0.185. The van der Waals surface area contributed by atoms with Gasteiger partial charge in [-0.1, -0.05) is 19.1 Å². The molecule has 0 radical (unpaired) electrons. The van der Waals surface area contributed by atoms with Crippen LogP contribution in [0.25, 0.3) is 0 Å². The summed E-state index contributed by atoms with van der Waals surface area (Å²) in [5.74, 6) is -0.915. The normalized spacial score (nSPS) is 15.4. The molecule has 1 aliphatic heterocycles. The van der Waals surface area contributed by atoms with Crippen LogP contribution in [-0.4, -0.2) is 68.6 Å². The zero-order valence-corrected chi connectivity index (χ0v) is 21.8. The Hall–Kier alpha value is -3.59. The van der Waals surface area contributed by atoms with Gasteiger partial charge in [0.2, 0.25) is 0 Å². The maximum atomic E-state index is 14.5. The molecule has 1 aromatic carbocycles. The van der Waals surface area contributed by atoms with Gasteiger partial charge in [0, 0.05) is 57.7 Å². The summed E-state index contributed by atoms with van der Waals surface area (Å²) >= 11 is 0. The highest BCUT2D eigenvalue weighted by Gasteiger charge is 2.27. The number of aryl methyl sites for hydroxylation is 1. The summed E-state index contributed by atoms with van der Waals surface area (Å²) in [6.45, 7) is 9.59. The smallest absolute Gasteiger partial charge is 0.276 e. The van der Waals surface area contributed by atoms with Crippen LogP contribution in [0.1, 0.15) is 60.2 Å². The van der Waals surface area contributed by atoms with Crippen molar-refractivity contribution in [2.24, 2.45) is 0 Å². The Morgan fingerprint density at radius 3 is 2.57 bits per heavy atom. The molecule has 0 atom stereocenters. The fourth-order valence-corrected chi connectivity index (χ4v) is 4.64. The van der Waals surface area contributed by atoms with Gasteiger partial charge in [0.25, 0.3) is 11.8 Å². The molecule has 8 nitrogen and oxygen atoms in total. The van der Waals surface area contributed by atoms with E-state index in [-0.39, 0.29) is 24.4 Å². The van der Waals surface area contributed by atoms with Crippen molar-refractivity contribution in [3.63, 3.8) is 0 Å². The minimum atomic E-state index is -0.438. The fraction of sp³-hybridized carbons (Fsp3) is 0.429. The van der Waals surface area contributed by atoms with Crippen molar-refractivity contribution in [1.82, 2.24) is 24.6 Å². The number of benzene rings is 1. The van der Waals surface area contributed by atoms with Crippen LogP contribution >= 0.6 is 0 Å². The first-order chi connectivity index (χ1) is 17.9. The lowest BCUT2D eigenvalue weighted by Gasteiger charge is -2.29. The van der Waals surface area contributed by atoms with E-state index in [0.717, 1.165) is 19.5 Å². The Bertz CT molecular complexity index is 1210. The second kappa shape index (κ2) is 12.1. The molecule has 1 aliphatic rings. The van der Waals surface area contributed by atoms with Gasteiger partial charge in [0.05, 0.1) is 5.69 Å². The quantitative estimate of drug-likeness (QED) is 0.518. The number of carbonyl (C=O) groups is 2. The van der Waals surface area contributed by atoms with Gasteiger partial charge in [-0.2, -0.15) is 5.10 Å². The van der Waals surface area contributed by atoms with Crippen molar-refractivity contribution in [3.05, 3.63) is 77.6 Å². The van der Waals surface area contributed by atoms with Gasteiger partial charge < -0.3 is 9.80 Å². The maximum absolute atomic E-state index is 14.5. The van der Waals surface area contributed by atoms with E-state index in [9.17, 15) is 14.0 Å². The number of pyridine rings is 1. The van der Waals surface area contributed by atoms with E-state index in [4.69, 9.17) is 0 Å². The number of carbonyl (C=O) groups excluding carboxylic acids is 2. The zero-order chi connectivity index (χ0) is 26.4. The Morgan fingerprint density at radius 2 is 1.84 bits per heavy atom. The predicted octanol–water partition coefficient (Wildman–Crippen LogP) is 4.23. The first-order valence-electron chi connectivity index (χ1n) is 13.0. The maximum Gasteiger partial charge on any atom is 0.276 e. The SMILES string of the molecule is CCCn1ccc(C(=O)N2CCN(C(C)C)CCCN(C(=O)c3ccccn3)c3cc(F)ccc3C2)n1. The van der Waals surface area contributed by atoms with E-state index in [1.807, 2.05) is 6.20 Å². The zero-order valence-electron chi connectivity index (χ0n) is 21.8. The third-order valence-electron chi connectivity index (χ3n) is 6.64. The fourth-order valence-electron chi connectivity index (χ4n) is 4.64. The third-order valence-corrected chi connectivity index (χ3v) is 6.64. The molecule has 3 heterocycles. The van der Waals surface area contributed by atoms with Gasteiger partial charge >= 0.3 is 0 Å². The van der Waals surface area contributed by atoms with Crippen molar-refractivity contribution in [2.75, 3.05) is 31.1 Å². The molecule has 196 valence electrons. The first-order valence-corrected chi connectivity index (χ1v) is 13.0. The summed E-state index contributed by atoms with van der Waals surface area (Å²) in [7, 11) is 0. The molecule has 0 spiro atoms. The van der Waals surface area contributed by atoms with Crippen molar-refractivity contribution in [1.29, 1.82) is 0 Å². The number of rotatable bonds is 5. The third kappa shape index (κ3) is 6.40. The van der Waals surface area contributed by atoms with E-state index >= 15 is 0 Å². The second-order valence-electron chi connectivity index (χ2n) is 9.62. The van der Waals surface area contributed by atoms with Crippen LogP contribution in [0.2, 0.25) is 0 Å². The molecular weight excluding hydrogens is 471 g/mol. The monoisotopic (exact) mass is 506 g/mol. The van der Waals surface area contributed by atoms with E-state index in [1.54, 1.807) is 51.0 Å². The van der Waals surface area contributed by atoms with Gasteiger partial charge in [0.1, 0.15) is 17.2 Å². The molecule has 0 aliphatic carbocycles. The van der Waals surface area contributed by atoms with Gasteiger partial charge in [-0.05, 0) is 62.6 Å². The molecule has 0 N–H and O–H groups in total. The first kappa shape index (κ1) is 26.5. The number of amides is 2. The Kier molecular flexibility index (Phi) is 8.66. The van der Waals surface area contributed by atoms with Gasteiger partial charge in [0.15, 0.2) is 0 Å². The summed E-state index contributed by atoms with van der Waals surface area (Å²) in [4.78, 5) is 37.1. The van der Waals surface area contributed by atoms with Crippen LogP contribution in [-0.2, 0) is 13.1 Å². The Labute approximate surface area is 217 Å². The van der Waals surface area contributed by atoms with Crippen molar-refractivity contribution >= 4 is 17.5 Å². The number of nitrogens with zero attached hydrogens (tertiary/aromatic N) is 6. The van der Waals surface area contributed by atoms with E-state index in [2.05, 4.69) is 35.8 Å². The number of hydrogen-bond donors (Lipinski definition) is 0. The molecule has 9 heteroatoms. The van der Waals surface area contributed by atoms with E-state index in [0.29, 0.717) is 48.7 Å². The number of hydrogen-bond acceptors (Lipinski definition) is 5. The van der Waals surface area contributed by atoms with E-state index in [1.165, 1.54) is 12.1 Å². The molecule has 0 saturated heterocycles. The summed E-state index contributed by atoms with van der Waals surface area (Å²) in [6, 6.07) is 11.6. The number of anilines is 1. The van der Waals surface area contributed by atoms with Crippen LogP contribution in [0.4, 0.5) is 10.1 Å². The minimum Gasteiger partial charge on any atom is -0.332 e. The van der Waals surface area contributed by atoms with Crippen LogP contribution in [0.15, 0.2) is 54.9 Å². The van der Waals surface area contributed by atoms with Crippen molar-refractivity contribution in [2.45, 2.75) is 52.7 Å². The molecule has 0 unspecified atom stereocenters. The summed E-state index contributed by atoms with van der Waals surface area (Å²) in [5, 5.41) is 4.48. The predicted molar refractivity (Wildman–Crippen MR) is 141 cm³/mol. The van der Waals surface area contributed by atoms with Crippen molar-refractivity contribution < 1.29 is 14.0 Å². The average molecular weight is 507 g/mol. The van der Waals surface area contributed by atoms with Crippen LogP contribution in [0.5, 0.6) is 0 Å². The van der Waals surface area contributed by atoms with E-state index < -0.39 is 5.82 Å². The lowest BCUT2D eigenvalue weighted by atomic mass is 10.1. The molecule has 37 heavy (non-hydrogen) atoms. The van der Waals surface area contributed by atoms with Crippen molar-refractivity contribution in [3.8, 4) is 0 Å². The van der Waals surface area contributed by atoms with Gasteiger partial charge in [-0.25, -0.2) is 4.39 Å². The average Bonchev–Trinajstić information content (AvgIpc) is 3.35. The summed E-state index contributed by atoms with van der Waals surface area (Å²) in [6.07, 6.45) is 5.01. The van der Waals surface area contributed by atoms with Crippen LogP contribution < -0.4 is 4.90 Å². The molecule has 3 aromatic rings. The molecule has 4 rings (SSSR count). The molecule has 2 amide bonds. The number of halogens is 1. The standard InChI is InChI=1S/C28H35FN6O2/c1-4-13-34-16-11-25(31-34)27(36)33-18-17-32(21(2)3)14-7-15-35(28(37)24-8-5-6-12-30-24)26-19-23(29)10-9-22(26)20-33/h5-6,8-12,16,19,21H,4,7,13-15,17-18,20H2,1-3H3. The summed E-state index contributed by atoms with van der Waals surface area (Å²) in [5.41, 5.74) is 1.83. The molecule has 0 fully saturated rings. The topological polar surface area (TPSA) is 74.6 Å². The lowest BCUT2D eigenvalue weighted by molar-refractivity contribution is 0.0705. The largest absolute Gasteiger partial charge is 0.332 e. The highest BCUT2D eigenvalue weighted by Crippen LogP contribution is 2.27. The molecule has 2 aromatic heterocycles. The van der Waals surface area contributed by atoms with Crippen LogP contribution in [0.3, 0.4) is 0 Å². The lowest BCUT2D eigenvalue weighted by Crippen LogP contribution is -2.41. The van der Waals surface area contributed by atoms with Gasteiger partial charge in [-0.15, -0.1) is 0 Å². The van der Waals surface area contributed by atoms with Crippen LogP contribution in [0, 0.1) is 5.82 Å². The molecule has 0 bridgehead atoms. The molecular formula is C28H35FN6O2. The molecule has 0 saturated carbocycles. The van der Waals surface area contributed by atoms with Gasteiger partial charge in [-0.3, -0.25) is 24.2 Å². The highest BCUT2D eigenvalue weighted by molar-refractivity contribution is 6.05. The summed E-state index contributed by atoms with van der Waals surface area (Å²) < 4.78 is 16.3. The number of fused-ring (bicyclic) bond motifs is 1.